The average Bonchev–Trinajstić information content (AvgIpc) is 3.18. The van der Waals surface area contributed by atoms with Gasteiger partial charge >= 0.3 is 0 Å². The van der Waals surface area contributed by atoms with Crippen LogP contribution in [0.25, 0.3) is 0 Å². The summed E-state index contributed by atoms with van der Waals surface area (Å²) in [7, 11) is 2.31. The molecule has 1 N–H and O–H groups in total. The molecule has 2 saturated carbocycles. The molecule has 1 saturated heterocycles. The van der Waals surface area contributed by atoms with Crippen LogP contribution < -0.4 is 0 Å². The van der Waals surface area contributed by atoms with Crippen LogP contribution in [0.4, 0.5) is 0 Å². The number of aliphatic hydroxyl groups is 1. The van der Waals surface area contributed by atoms with Gasteiger partial charge in [0.15, 0.2) is 6.29 Å². The molecule has 27 heavy (non-hydrogen) atoms. The smallest absolute Gasteiger partial charge is 0.160 e. The van der Waals surface area contributed by atoms with Crippen LogP contribution in [-0.4, -0.2) is 37.5 Å². The minimum Gasteiger partial charge on any atom is -0.372 e. The summed E-state index contributed by atoms with van der Waals surface area (Å²) >= 11 is 0. The zero-order valence-corrected chi connectivity index (χ0v) is 18.8. The topological polar surface area (TPSA) is 38.7 Å². The lowest BCUT2D eigenvalue weighted by Gasteiger charge is -2.49. The largest absolute Gasteiger partial charge is 0.372 e. The molecule has 1 aliphatic heterocycles. The van der Waals surface area contributed by atoms with Crippen LogP contribution in [0.1, 0.15) is 80.6 Å². The Hall–Kier alpha value is -0.0551. The Morgan fingerprint density at radius 2 is 1.78 bits per heavy atom. The summed E-state index contributed by atoms with van der Waals surface area (Å²) in [6.45, 7) is 17.0. The Balaban J connectivity index is 1.56. The van der Waals surface area contributed by atoms with Gasteiger partial charge in [-0.1, -0.05) is 60.1 Å². The number of rotatable bonds is 9. The zero-order valence-electron chi connectivity index (χ0n) is 18.8. The fourth-order valence-corrected chi connectivity index (χ4v) is 6.31. The van der Waals surface area contributed by atoms with Crippen LogP contribution in [0, 0.1) is 28.6 Å². The molecule has 4 heteroatoms. The van der Waals surface area contributed by atoms with Gasteiger partial charge in [-0.05, 0) is 55.3 Å². The first-order valence-electron chi connectivity index (χ1n) is 11.3. The molecule has 1 heterocycles. The summed E-state index contributed by atoms with van der Waals surface area (Å²) < 4.78 is 12.5. The zero-order chi connectivity index (χ0) is 20.1. The minimum absolute atomic E-state index is 0.00239. The first-order chi connectivity index (χ1) is 12.5. The number of ether oxygens (including phenoxy) is 2. The van der Waals surface area contributed by atoms with Crippen molar-refractivity contribution in [2.75, 3.05) is 13.2 Å². The van der Waals surface area contributed by atoms with Crippen molar-refractivity contribution in [2.45, 2.75) is 104 Å². The van der Waals surface area contributed by atoms with Crippen molar-refractivity contribution in [3.05, 3.63) is 0 Å². The third kappa shape index (κ3) is 3.64. The molecule has 2 aliphatic carbocycles. The molecule has 6 atom stereocenters. The van der Waals surface area contributed by atoms with Crippen LogP contribution in [0.3, 0.4) is 0 Å². The van der Waals surface area contributed by atoms with Gasteiger partial charge in [0.2, 0.25) is 0 Å². The molecule has 3 fully saturated rings. The Bertz CT molecular complexity index is 530. The molecular weight excluding hydrogens is 335 g/mol. The minimum atomic E-state index is -0.749. The van der Waals surface area contributed by atoms with E-state index in [4.69, 9.17) is 9.47 Å². The molecular formula is C23H42BO3. The van der Waals surface area contributed by atoms with Gasteiger partial charge in [-0.15, -0.1) is 0 Å². The maximum absolute atomic E-state index is 10.9. The molecule has 0 aromatic rings. The highest BCUT2D eigenvalue weighted by molar-refractivity contribution is 6.54. The van der Waals surface area contributed by atoms with Crippen molar-refractivity contribution in [1.29, 1.82) is 0 Å². The van der Waals surface area contributed by atoms with Crippen molar-refractivity contribution in [3.8, 4) is 0 Å². The first-order valence-corrected chi connectivity index (χ1v) is 11.3. The summed E-state index contributed by atoms with van der Waals surface area (Å²) in [4.78, 5) is 0. The predicted octanol–water partition coefficient (Wildman–Crippen LogP) is 5.31. The molecule has 3 aliphatic rings. The molecule has 2 bridgehead atoms. The second kappa shape index (κ2) is 7.33. The van der Waals surface area contributed by atoms with Crippen LogP contribution in [0.5, 0.6) is 0 Å². The molecule has 3 nitrogen and oxygen atoms in total. The van der Waals surface area contributed by atoms with Gasteiger partial charge in [0.1, 0.15) is 7.28 Å². The van der Waals surface area contributed by atoms with E-state index in [-0.39, 0.29) is 16.3 Å². The third-order valence-corrected chi connectivity index (χ3v) is 9.14. The SMILES string of the molecule is CCC1(OCCOC(O)C(C)(C(C)C)C2(C)[B]C2)CC(C)(C)C2CCC1C2. The standard InChI is InChI=1S/C23H42BO3/c1-8-23(14-20(4,5)17-9-10-18(23)13-17)27-12-11-26-19(25)22(7,16(2)3)21(6)15-24-21/h16-19,25H,8-15H2,1-7H3. The summed E-state index contributed by atoms with van der Waals surface area (Å²) in [5, 5.41) is 10.9. The Morgan fingerprint density at radius 3 is 2.33 bits per heavy atom. The quantitative estimate of drug-likeness (QED) is 0.336. The highest BCUT2D eigenvalue weighted by atomic mass is 16.6. The Labute approximate surface area is 168 Å². The molecule has 3 rings (SSSR count). The molecule has 1 radical (unpaired) electrons. The molecule has 155 valence electrons. The van der Waals surface area contributed by atoms with Gasteiger partial charge in [-0.3, -0.25) is 0 Å². The van der Waals surface area contributed by atoms with E-state index < -0.39 is 6.29 Å². The monoisotopic (exact) mass is 377 g/mol. The highest BCUT2D eigenvalue weighted by Crippen LogP contribution is 2.64. The lowest BCUT2D eigenvalue weighted by atomic mass is 9.61. The molecule has 0 spiro atoms. The Morgan fingerprint density at radius 1 is 1.15 bits per heavy atom. The van der Waals surface area contributed by atoms with Crippen molar-refractivity contribution in [3.63, 3.8) is 0 Å². The normalized spacial score (nSPS) is 40.5. The van der Waals surface area contributed by atoms with Crippen LogP contribution in [0.2, 0.25) is 11.6 Å². The van der Waals surface area contributed by atoms with E-state index in [0.29, 0.717) is 30.5 Å². The average molecular weight is 377 g/mol. The maximum Gasteiger partial charge on any atom is 0.160 e. The molecule has 0 aromatic carbocycles. The van der Waals surface area contributed by atoms with E-state index in [1.54, 1.807) is 0 Å². The van der Waals surface area contributed by atoms with Crippen molar-refractivity contribution in [2.24, 2.45) is 28.6 Å². The van der Waals surface area contributed by atoms with Crippen LogP contribution in [0.15, 0.2) is 0 Å². The van der Waals surface area contributed by atoms with Gasteiger partial charge in [-0.25, -0.2) is 0 Å². The lowest BCUT2D eigenvalue weighted by Crippen LogP contribution is -2.49. The third-order valence-electron chi connectivity index (χ3n) is 9.14. The lowest BCUT2D eigenvalue weighted by molar-refractivity contribution is -0.210. The van der Waals surface area contributed by atoms with E-state index in [1.165, 1.54) is 19.3 Å². The number of aliphatic hydroxyl groups excluding tert-OH is 1. The summed E-state index contributed by atoms with van der Waals surface area (Å²) in [5.41, 5.74) is 0.124. The van der Waals surface area contributed by atoms with Gasteiger partial charge in [0.25, 0.3) is 0 Å². The van der Waals surface area contributed by atoms with E-state index in [1.807, 2.05) is 0 Å². The van der Waals surface area contributed by atoms with E-state index >= 15 is 0 Å². The predicted molar refractivity (Wildman–Crippen MR) is 112 cm³/mol. The molecule has 6 unspecified atom stereocenters. The van der Waals surface area contributed by atoms with Gasteiger partial charge < -0.3 is 14.6 Å². The Kier molecular flexibility index (Phi) is 5.87. The second-order valence-electron chi connectivity index (χ2n) is 11.1. The number of hydrogen-bond donors (Lipinski definition) is 1. The van der Waals surface area contributed by atoms with Gasteiger partial charge in [0, 0.05) is 5.41 Å². The van der Waals surface area contributed by atoms with Gasteiger partial charge in [0.05, 0.1) is 18.8 Å². The van der Waals surface area contributed by atoms with Crippen molar-refractivity contribution < 1.29 is 14.6 Å². The number of hydrogen-bond acceptors (Lipinski definition) is 3. The fraction of sp³-hybridized carbons (Fsp3) is 1.00. The summed E-state index contributed by atoms with van der Waals surface area (Å²) in [6, 6.07) is 0. The second-order valence-corrected chi connectivity index (χ2v) is 11.1. The van der Waals surface area contributed by atoms with Crippen molar-refractivity contribution >= 4 is 7.28 Å². The summed E-state index contributed by atoms with van der Waals surface area (Å²) in [5.74, 6) is 1.92. The molecule has 0 amide bonds. The van der Waals surface area contributed by atoms with Gasteiger partial charge in [-0.2, -0.15) is 0 Å². The van der Waals surface area contributed by atoms with E-state index in [2.05, 4.69) is 55.7 Å². The highest BCUT2D eigenvalue weighted by Gasteiger charge is 2.59. The van der Waals surface area contributed by atoms with Crippen molar-refractivity contribution in [1.82, 2.24) is 0 Å². The first kappa shape index (κ1) is 21.6. The fourth-order valence-electron chi connectivity index (χ4n) is 6.31. The van der Waals surface area contributed by atoms with Crippen LogP contribution >= 0.6 is 0 Å². The van der Waals surface area contributed by atoms with E-state index in [9.17, 15) is 5.11 Å². The molecule has 0 aromatic heterocycles. The number of fused-ring (bicyclic) bond motifs is 2. The maximum atomic E-state index is 10.9. The van der Waals surface area contributed by atoms with E-state index in [0.717, 1.165) is 25.1 Å². The summed E-state index contributed by atoms with van der Waals surface area (Å²) in [6.07, 6.45) is 6.55. The van der Waals surface area contributed by atoms with Crippen LogP contribution in [-0.2, 0) is 9.47 Å².